The van der Waals surface area contributed by atoms with Crippen molar-refractivity contribution in [3.05, 3.63) is 30.0 Å². The average Bonchev–Trinajstić information content (AvgIpc) is 2.75. The number of aromatic nitrogens is 2. The molecule has 1 saturated heterocycles. The first-order valence-electron chi connectivity index (χ1n) is 11.6. The molecule has 3 rings (SSSR count). The summed E-state index contributed by atoms with van der Waals surface area (Å²) in [6.45, 7) is 8.65. The van der Waals surface area contributed by atoms with Crippen LogP contribution in [0.1, 0.15) is 70.9 Å². The summed E-state index contributed by atoms with van der Waals surface area (Å²) in [4.78, 5) is 24.6. The summed E-state index contributed by atoms with van der Waals surface area (Å²) in [5.41, 5.74) is 1.87. The maximum atomic E-state index is 12.8. The predicted octanol–water partition coefficient (Wildman–Crippen LogP) is 5.23. The first-order chi connectivity index (χ1) is 15.0. The number of hydrogen-bond donors (Lipinski definition) is 0. The third-order valence-electron chi connectivity index (χ3n) is 5.88. The van der Waals surface area contributed by atoms with E-state index in [9.17, 15) is 10.1 Å². The molecule has 1 aromatic heterocycles. The largest absolute Gasteiger partial charge is 0.464 e. The van der Waals surface area contributed by atoms with E-state index in [1.807, 2.05) is 24.3 Å². The van der Waals surface area contributed by atoms with Crippen molar-refractivity contribution in [2.45, 2.75) is 65.2 Å². The fourth-order valence-electron chi connectivity index (χ4n) is 4.45. The minimum atomic E-state index is -1.07. The number of fused-ring (bicyclic) bond motifs is 1. The lowest BCUT2D eigenvalue weighted by atomic mass is 9.91. The number of ether oxygens (including phenoxy) is 1. The second kappa shape index (κ2) is 11.1. The Morgan fingerprint density at radius 1 is 1.13 bits per heavy atom. The van der Waals surface area contributed by atoms with Gasteiger partial charge in [-0.2, -0.15) is 5.26 Å². The summed E-state index contributed by atoms with van der Waals surface area (Å²) in [6, 6.07) is 9.74. The fraction of sp³-hybridized carbons (Fsp3) is 0.600. The number of carbonyl (C=O) groups excluding carboxylic acids is 1. The van der Waals surface area contributed by atoms with Gasteiger partial charge >= 0.3 is 5.97 Å². The molecule has 1 aromatic carbocycles. The SMILES string of the molecule is CCCCCCCOC(=O)[C@@H](C#N)c1nc2ccccc2nc1N1C[C@@H](C)C[C@H](C)C1. The van der Waals surface area contributed by atoms with Crippen molar-refractivity contribution in [3.8, 4) is 6.07 Å². The van der Waals surface area contributed by atoms with Gasteiger partial charge in [0, 0.05) is 13.1 Å². The molecule has 3 atom stereocenters. The highest BCUT2D eigenvalue weighted by atomic mass is 16.5. The molecule has 0 saturated carbocycles. The normalized spacial score (nSPS) is 19.7. The zero-order chi connectivity index (χ0) is 22.2. The van der Waals surface area contributed by atoms with Gasteiger partial charge in [0.25, 0.3) is 0 Å². The number of para-hydroxylation sites is 2. The van der Waals surface area contributed by atoms with Gasteiger partial charge in [0.1, 0.15) is 5.69 Å². The molecule has 0 unspecified atom stereocenters. The highest BCUT2D eigenvalue weighted by Gasteiger charge is 2.32. The lowest BCUT2D eigenvalue weighted by molar-refractivity contribution is -0.144. The van der Waals surface area contributed by atoms with Crippen molar-refractivity contribution in [1.29, 1.82) is 5.26 Å². The molecule has 0 bridgehead atoms. The number of nitriles is 1. The third-order valence-corrected chi connectivity index (χ3v) is 5.88. The Kier molecular flexibility index (Phi) is 8.22. The zero-order valence-electron chi connectivity index (χ0n) is 19.0. The second-order valence-electron chi connectivity index (χ2n) is 8.92. The van der Waals surface area contributed by atoms with Crippen LogP contribution in [-0.4, -0.2) is 35.6 Å². The van der Waals surface area contributed by atoms with E-state index in [1.165, 1.54) is 12.8 Å². The van der Waals surface area contributed by atoms with Crippen molar-refractivity contribution in [2.75, 3.05) is 24.6 Å². The highest BCUT2D eigenvalue weighted by molar-refractivity contribution is 5.85. The van der Waals surface area contributed by atoms with Gasteiger partial charge in [0.05, 0.1) is 23.7 Å². The molecule has 1 aliphatic rings. The van der Waals surface area contributed by atoms with Crippen LogP contribution in [0.15, 0.2) is 24.3 Å². The molecule has 166 valence electrons. The minimum Gasteiger partial charge on any atom is -0.464 e. The van der Waals surface area contributed by atoms with Crippen LogP contribution in [0.3, 0.4) is 0 Å². The van der Waals surface area contributed by atoms with Crippen molar-refractivity contribution in [3.63, 3.8) is 0 Å². The van der Waals surface area contributed by atoms with E-state index < -0.39 is 11.9 Å². The van der Waals surface area contributed by atoms with Gasteiger partial charge in [-0.1, -0.05) is 58.6 Å². The van der Waals surface area contributed by atoms with Crippen LogP contribution in [0.2, 0.25) is 0 Å². The maximum Gasteiger partial charge on any atom is 0.329 e. The summed E-state index contributed by atoms with van der Waals surface area (Å²) >= 11 is 0. The summed E-state index contributed by atoms with van der Waals surface area (Å²) in [5, 5.41) is 9.88. The molecule has 6 nitrogen and oxygen atoms in total. The Labute approximate surface area is 185 Å². The number of rotatable bonds is 9. The lowest BCUT2D eigenvalue weighted by Gasteiger charge is -2.36. The Balaban J connectivity index is 1.85. The number of anilines is 1. The number of benzene rings is 1. The number of nitrogens with zero attached hydrogens (tertiary/aromatic N) is 4. The standard InChI is InChI=1S/C25H34N4O2/c1-4-5-6-7-10-13-31-25(30)20(15-26)23-24(29-16-18(2)14-19(3)17-29)28-22-12-9-8-11-21(22)27-23/h8-9,11-12,18-20H,4-7,10,13-14,16-17H2,1-3H3/t18-,19-,20-/m0/s1. The Morgan fingerprint density at radius 2 is 1.77 bits per heavy atom. The van der Waals surface area contributed by atoms with Crippen molar-refractivity contribution in [1.82, 2.24) is 9.97 Å². The van der Waals surface area contributed by atoms with Crippen LogP contribution in [0.4, 0.5) is 5.82 Å². The van der Waals surface area contributed by atoms with Gasteiger partial charge in [-0.3, -0.25) is 4.79 Å². The Bertz CT molecular complexity index is 913. The molecule has 1 fully saturated rings. The second-order valence-corrected chi connectivity index (χ2v) is 8.92. The molecular weight excluding hydrogens is 388 g/mol. The minimum absolute atomic E-state index is 0.342. The number of carbonyl (C=O) groups is 1. The Hall–Kier alpha value is -2.68. The van der Waals surface area contributed by atoms with Crippen molar-refractivity contribution >= 4 is 22.8 Å². The molecule has 6 heteroatoms. The molecule has 0 aliphatic carbocycles. The van der Waals surface area contributed by atoms with E-state index in [1.54, 1.807) is 0 Å². The van der Waals surface area contributed by atoms with E-state index in [0.29, 0.717) is 35.5 Å². The molecular formula is C25H34N4O2. The van der Waals surface area contributed by atoms with Gasteiger partial charge < -0.3 is 9.64 Å². The monoisotopic (exact) mass is 422 g/mol. The third kappa shape index (κ3) is 5.94. The molecule has 0 radical (unpaired) electrons. The maximum absolute atomic E-state index is 12.8. The summed E-state index contributed by atoms with van der Waals surface area (Å²) < 4.78 is 5.48. The van der Waals surface area contributed by atoms with E-state index in [0.717, 1.165) is 44.3 Å². The predicted molar refractivity (Wildman–Crippen MR) is 123 cm³/mol. The quantitative estimate of drug-likeness (QED) is 0.406. The zero-order valence-corrected chi connectivity index (χ0v) is 19.0. The van der Waals surface area contributed by atoms with E-state index >= 15 is 0 Å². The van der Waals surface area contributed by atoms with Gasteiger partial charge in [0.2, 0.25) is 0 Å². The Morgan fingerprint density at radius 3 is 2.42 bits per heavy atom. The highest BCUT2D eigenvalue weighted by Crippen LogP contribution is 2.32. The van der Waals surface area contributed by atoms with Gasteiger partial charge in [-0.25, -0.2) is 9.97 Å². The molecule has 0 N–H and O–H groups in total. The molecule has 0 amide bonds. The molecule has 0 spiro atoms. The van der Waals surface area contributed by atoms with Crippen LogP contribution in [-0.2, 0) is 9.53 Å². The molecule has 31 heavy (non-hydrogen) atoms. The van der Waals surface area contributed by atoms with E-state index in [4.69, 9.17) is 14.7 Å². The lowest BCUT2D eigenvalue weighted by Crippen LogP contribution is -2.40. The molecule has 1 aliphatic heterocycles. The van der Waals surface area contributed by atoms with Crippen LogP contribution in [0.25, 0.3) is 11.0 Å². The van der Waals surface area contributed by atoms with Crippen molar-refractivity contribution < 1.29 is 9.53 Å². The number of unbranched alkanes of at least 4 members (excludes halogenated alkanes) is 4. The number of esters is 1. The summed E-state index contributed by atoms with van der Waals surface area (Å²) in [7, 11) is 0. The van der Waals surface area contributed by atoms with Crippen LogP contribution < -0.4 is 4.90 Å². The smallest absolute Gasteiger partial charge is 0.329 e. The first-order valence-corrected chi connectivity index (χ1v) is 11.6. The molecule has 2 heterocycles. The van der Waals surface area contributed by atoms with Crippen molar-refractivity contribution in [2.24, 2.45) is 11.8 Å². The summed E-state index contributed by atoms with van der Waals surface area (Å²) in [5.74, 6) is 0.0710. The average molecular weight is 423 g/mol. The van der Waals surface area contributed by atoms with Crippen LogP contribution in [0, 0.1) is 23.2 Å². The topological polar surface area (TPSA) is 79.1 Å². The van der Waals surface area contributed by atoms with E-state index in [2.05, 4.69) is 31.7 Å². The van der Waals surface area contributed by atoms with Gasteiger partial charge in [-0.05, 0) is 36.8 Å². The van der Waals surface area contributed by atoms with Gasteiger partial charge in [-0.15, -0.1) is 0 Å². The number of hydrogen-bond acceptors (Lipinski definition) is 6. The number of piperidine rings is 1. The van der Waals surface area contributed by atoms with Gasteiger partial charge in [0.15, 0.2) is 11.7 Å². The van der Waals surface area contributed by atoms with Crippen LogP contribution >= 0.6 is 0 Å². The van der Waals surface area contributed by atoms with Crippen LogP contribution in [0.5, 0.6) is 0 Å². The first kappa shape index (κ1) is 23.0. The fourth-order valence-corrected chi connectivity index (χ4v) is 4.45. The molecule has 2 aromatic rings. The van der Waals surface area contributed by atoms with E-state index in [-0.39, 0.29) is 0 Å². The summed E-state index contributed by atoms with van der Waals surface area (Å²) in [6.07, 6.45) is 6.52.